The number of nitrogens with two attached hydrogens (primary N) is 1. The number of hydrogen-bond acceptors (Lipinski definition) is 4. The average Bonchev–Trinajstić information content (AvgIpc) is 2.14. The van der Waals surface area contributed by atoms with Crippen LogP contribution in [0.1, 0.15) is 18.6 Å². The largest absolute Gasteiger partial charge is 0.399 e. The molecule has 0 radical (unpaired) electrons. The molecule has 0 aliphatic carbocycles. The van der Waals surface area contributed by atoms with E-state index in [-0.39, 0.29) is 0 Å². The summed E-state index contributed by atoms with van der Waals surface area (Å²) in [5.74, 6) is 0. The van der Waals surface area contributed by atoms with E-state index in [4.69, 9.17) is 5.73 Å². The Bertz CT molecular complexity index is 485. The molecular formula is C10H14BrNO3S. The SMILES string of the molecule is C[C@](Br)([C@H](O)c1cccc(N)c1)S(C)(=O)=O. The first-order valence-electron chi connectivity index (χ1n) is 4.58. The summed E-state index contributed by atoms with van der Waals surface area (Å²) in [6.45, 7) is 1.41. The van der Waals surface area contributed by atoms with Gasteiger partial charge in [0.05, 0.1) is 0 Å². The van der Waals surface area contributed by atoms with Crippen molar-refractivity contribution in [3.05, 3.63) is 29.8 Å². The van der Waals surface area contributed by atoms with E-state index in [9.17, 15) is 13.5 Å². The molecule has 2 atom stereocenters. The Morgan fingerprint density at radius 1 is 1.50 bits per heavy atom. The predicted molar refractivity (Wildman–Crippen MR) is 68.0 cm³/mol. The van der Waals surface area contributed by atoms with Gasteiger partial charge in [-0.25, -0.2) is 8.42 Å². The van der Waals surface area contributed by atoms with Crippen molar-refractivity contribution in [2.45, 2.75) is 16.7 Å². The predicted octanol–water partition coefficient (Wildman–Crippen LogP) is 1.46. The van der Waals surface area contributed by atoms with Crippen molar-refractivity contribution in [3.8, 4) is 0 Å². The Hall–Kier alpha value is -0.590. The third-order valence-corrected chi connectivity index (χ3v) is 6.31. The van der Waals surface area contributed by atoms with Crippen LogP contribution in [0.5, 0.6) is 0 Å². The number of aliphatic hydroxyl groups is 1. The highest BCUT2D eigenvalue weighted by Gasteiger charge is 2.41. The molecule has 1 aromatic rings. The number of alkyl halides is 1. The van der Waals surface area contributed by atoms with E-state index in [0.29, 0.717) is 11.3 Å². The number of halogens is 1. The normalized spacial score (nSPS) is 17.8. The smallest absolute Gasteiger partial charge is 0.165 e. The van der Waals surface area contributed by atoms with Gasteiger partial charge in [-0.1, -0.05) is 28.1 Å². The van der Waals surface area contributed by atoms with E-state index in [2.05, 4.69) is 15.9 Å². The molecule has 1 aromatic carbocycles. The molecule has 0 saturated heterocycles. The number of nitrogen functional groups attached to an aromatic ring is 1. The molecule has 90 valence electrons. The summed E-state index contributed by atoms with van der Waals surface area (Å²) in [5.41, 5.74) is 6.52. The van der Waals surface area contributed by atoms with Gasteiger partial charge in [-0.2, -0.15) is 0 Å². The molecule has 6 heteroatoms. The third-order valence-electron chi connectivity index (χ3n) is 2.44. The van der Waals surface area contributed by atoms with Crippen LogP contribution in [-0.4, -0.2) is 23.4 Å². The van der Waals surface area contributed by atoms with Crippen molar-refractivity contribution < 1.29 is 13.5 Å². The Morgan fingerprint density at radius 3 is 2.50 bits per heavy atom. The van der Waals surface area contributed by atoms with Gasteiger partial charge in [0.25, 0.3) is 0 Å². The first kappa shape index (κ1) is 13.5. The van der Waals surface area contributed by atoms with E-state index in [0.717, 1.165) is 6.26 Å². The maximum absolute atomic E-state index is 11.5. The van der Waals surface area contributed by atoms with Crippen LogP contribution >= 0.6 is 15.9 Å². The first-order chi connectivity index (χ1) is 7.16. The lowest BCUT2D eigenvalue weighted by atomic mass is 10.1. The van der Waals surface area contributed by atoms with Crippen molar-refractivity contribution in [3.63, 3.8) is 0 Å². The summed E-state index contributed by atoms with van der Waals surface area (Å²) < 4.78 is 21.6. The van der Waals surface area contributed by atoms with Crippen LogP contribution < -0.4 is 5.73 Å². The molecule has 0 aromatic heterocycles. The molecule has 0 unspecified atom stereocenters. The number of anilines is 1. The highest BCUT2D eigenvalue weighted by molar-refractivity contribution is 9.11. The molecule has 3 N–H and O–H groups in total. The zero-order valence-corrected chi connectivity index (χ0v) is 11.4. The summed E-state index contributed by atoms with van der Waals surface area (Å²) >= 11 is 3.05. The molecule has 1 rings (SSSR count). The molecular weight excluding hydrogens is 294 g/mol. The molecule has 0 aliphatic rings. The quantitative estimate of drug-likeness (QED) is 0.654. The van der Waals surface area contributed by atoms with Crippen molar-refractivity contribution >= 4 is 31.5 Å². The second kappa shape index (κ2) is 4.35. The monoisotopic (exact) mass is 307 g/mol. The van der Waals surface area contributed by atoms with Crippen molar-refractivity contribution in [2.75, 3.05) is 12.0 Å². The molecule has 16 heavy (non-hydrogen) atoms. The third kappa shape index (κ3) is 2.56. The number of rotatable bonds is 3. The standard InChI is InChI=1S/C10H14BrNO3S/c1-10(11,16(2,14)15)9(13)7-4-3-5-8(12)6-7/h3-6,9,13H,12H2,1-2H3/t9-,10-/m1/s1. The second-order valence-corrected chi connectivity index (χ2v) is 8.40. The van der Waals surface area contributed by atoms with E-state index >= 15 is 0 Å². The lowest BCUT2D eigenvalue weighted by Gasteiger charge is -2.27. The molecule has 0 bridgehead atoms. The van der Waals surface area contributed by atoms with Gasteiger partial charge >= 0.3 is 0 Å². The molecule has 0 amide bonds. The minimum atomic E-state index is -3.44. The lowest BCUT2D eigenvalue weighted by Crippen LogP contribution is -2.34. The molecule has 0 spiro atoms. The summed E-state index contributed by atoms with van der Waals surface area (Å²) in [6, 6.07) is 6.52. The highest BCUT2D eigenvalue weighted by Crippen LogP contribution is 2.38. The van der Waals surface area contributed by atoms with Crippen molar-refractivity contribution in [1.29, 1.82) is 0 Å². The highest BCUT2D eigenvalue weighted by atomic mass is 79.9. The fourth-order valence-electron chi connectivity index (χ4n) is 1.23. The van der Waals surface area contributed by atoms with Crippen LogP contribution in [0, 0.1) is 0 Å². The molecule has 4 nitrogen and oxygen atoms in total. The zero-order chi connectivity index (χ0) is 12.6. The Balaban J connectivity index is 3.17. The van der Waals surface area contributed by atoms with E-state index < -0.39 is 19.6 Å². The first-order valence-corrected chi connectivity index (χ1v) is 7.26. The maximum atomic E-state index is 11.5. The Kier molecular flexibility index (Phi) is 3.66. The van der Waals surface area contributed by atoms with E-state index in [1.165, 1.54) is 6.92 Å². The van der Waals surface area contributed by atoms with E-state index in [1.807, 2.05) is 0 Å². The summed E-state index contributed by atoms with van der Waals surface area (Å²) in [7, 11) is -3.44. The number of benzene rings is 1. The van der Waals surface area contributed by atoms with Crippen molar-refractivity contribution in [2.24, 2.45) is 0 Å². The van der Waals surface area contributed by atoms with Gasteiger partial charge in [-0.05, 0) is 24.6 Å². The van der Waals surface area contributed by atoms with Crippen LogP contribution in [0.4, 0.5) is 5.69 Å². The minimum Gasteiger partial charge on any atom is -0.399 e. The average molecular weight is 308 g/mol. The fraction of sp³-hybridized carbons (Fsp3) is 0.400. The molecule has 0 fully saturated rings. The second-order valence-electron chi connectivity index (χ2n) is 3.83. The van der Waals surface area contributed by atoms with Crippen LogP contribution in [0.2, 0.25) is 0 Å². The topological polar surface area (TPSA) is 80.4 Å². The molecule has 0 aliphatic heterocycles. The number of hydrogen-bond donors (Lipinski definition) is 2. The van der Waals surface area contributed by atoms with Crippen LogP contribution in [-0.2, 0) is 9.84 Å². The van der Waals surface area contributed by atoms with Gasteiger partial charge < -0.3 is 10.8 Å². The van der Waals surface area contributed by atoms with Gasteiger partial charge in [0.2, 0.25) is 0 Å². The fourth-order valence-corrected chi connectivity index (χ4v) is 2.04. The van der Waals surface area contributed by atoms with Gasteiger partial charge in [-0.15, -0.1) is 0 Å². The zero-order valence-electron chi connectivity index (χ0n) is 9.01. The van der Waals surface area contributed by atoms with Crippen LogP contribution in [0.3, 0.4) is 0 Å². The Morgan fingerprint density at radius 2 is 2.06 bits per heavy atom. The van der Waals surface area contributed by atoms with Gasteiger partial charge in [-0.3, -0.25) is 0 Å². The van der Waals surface area contributed by atoms with Gasteiger partial charge in [0.1, 0.15) is 6.10 Å². The number of aliphatic hydroxyl groups excluding tert-OH is 1. The van der Waals surface area contributed by atoms with Crippen LogP contribution in [0.15, 0.2) is 24.3 Å². The van der Waals surface area contributed by atoms with Crippen LogP contribution in [0.25, 0.3) is 0 Å². The summed E-state index contributed by atoms with van der Waals surface area (Å²) in [4.78, 5) is 0. The Labute approximate surface area is 104 Å². The molecule has 0 saturated carbocycles. The van der Waals surface area contributed by atoms with Crippen molar-refractivity contribution in [1.82, 2.24) is 0 Å². The minimum absolute atomic E-state index is 0.463. The molecule has 0 heterocycles. The van der Waals surface area contributed by atoms with Gasteiger partial charge in [0.15, 0.2) is 13.5 Å². The maximum Gasteiger partial charge on any atom is 0.165 e. The van der Waals surface area contributed by atoms with Gasteiger partial charge in [0, 0.05) is 11.9 Å². The lowest BCUT2D eigenvalue weighted by molar-refractivity contribution is 0.168. The summed E-state index contributed by atoms with van der Waals surface area (Å²) in [5, 5.41) is 10.0. The number of sulfone groups is 1. The summed E-state index contributed by atoms with van der Waals surface area (Å²) in [6.07, 6.45) is -0.108. The van der Waals surface area contributed by atoms with E-state index in [1.54, 1.807) is 24.3 Å².